The van der Waals surface area contributed by atoms with Gasteiger partial charge in [-0.25, -0.2) is 0 Å². The summed E-state index contributed by atoms with van der Waals surface area (Å²) in [4.78, 5) is 10.0. The molecule has 1 aromatic heterocycles. The van der Waals surface area contributed by atoms with Crippen LogP contribution in [-0.2, 0) is 0 Å². The summed E-state index contributed by atoms with van der Waals surface area (Å²) in [5.74, 6) is 0. The summed E-state index contributed by atoms with van der Waals surface area (Å²) in [5, 5.41) is 0.173. The van der Waals surface area contributed by atoms with Gasteiger partial charge in [-0.2, -0.15) is 0 Å². The zero-order valence-corrected chi connectivity index (χ0v) is 14.6. The molecule has 2 aromatic rings. The first kappa shape index (κ1) is 18.3. The second-order valence-corrected chi connectivity index (χ2v) is 8.64. The van der Waals surface area contributed by atoms with Gasteiger partial charge >= 0.3 is 10.2 Å². The minimum Gasteiger partial charge on any atom is -0.306 e. The Morgan fingerprint density at radius 1 is 1.17 bits per heavy atom. The maximum Gasteiger partial charge on any atom is 0.310 e. The molecule has 0 N–H and O–H groups in total. The van der Waals surface area contributed by atoms with Crippen molar-refractivity contribution in [3.8, 4) is 0 Å². The predicted octanol–water partition coefficient (Wildman–Crippen LogP) is 6.53. The molecule has 0 aliphatic heterocycles. The van der Waals surface area contributed by atoms with Crippen LogP contribution >= 0.6 is 37.8 Å². The molecule has 10 heteroatoms. The summed E-state index contributed by atoms with van der Waals surface area (Å²) in [7, 11) is -9.78. The van der Waals surface area contributed by atoms with Gasteiger partial charge in [0.05, 0.1) is 15.5 Å². The number of rotatable bonds is 3. The Morgan fingerprint density at radius 2 is 1.78 bits per heavy atom. The van der Waals surface area contributed by atoms with E-state index in [2.05, 4.69) is 15.9 Å². The highest BCUT2D eigenvalue weighted by molar-refractivity contribution is 9.10. The lowest BCUT2D eigenvalue weighted by Gasteiger charge is -2.40. The molecule has 1 aromatic carbocycles. The van der Waals surface area contributed by atoms with Gasteiger partial charge in [0.15, 0.2) is 0 Å². The fourth-order valence-electron chi connectivity index (χ4n) is 2.00. The van der Waals surface area contributed by atoms with Crippen LogP contribution in [0.2, 0.25) is 5.02 Å². The van der Waals surface area contributed by atoms with Gasteiger partial charge in [0, 0.05) is 6.20 Å². The second kappa shape index (κ2) is 4.97. The molecule has 2 rings (SSSR count). The quantitative estimate of drug-likeness (QED) is 0.499. The third-order valence-electron chi connectivity index (χ3n) is 3.17. The Hall–Kier alpha value is -1.06. The van der Waals surface area contributed by atoms with Crippen LogP contribution in [0.1, 0.15) is 18.5 Å². The van der Waals surface area contributed by atoms with Crippen molar-refractivity contribution in [2.45, 2.75) is 17.9 Å². The Morgan fingerprint density at radius 3 is 2.35 bits per heavy atom. The summed E-state index contributed by atoms with van der Waals surface area (Å²) in [5.41, 5.74) is -0.633. The monoisotopic (exact) mass is 437 g/mol. The molecule has 1 atom stereocenters. The number of aromatic nitrogens is 1. The van der Waals surface area contributed by atoms with E-state index in [0.717, 1.165) is 10.6 Å². The van der Waals surface area contributed by atoms with Crippen molar-refractivity contribution in [2.75, 3.05) is 0 Å². The van der Waals surface area contributed by atoms with E-state index in [1.165, 1.54) is 25.3 Å². The Labute approximate surface area is 141 Å². The Balaban J connectivity index is 2.60. The van der Waals surface area contributed by atoms with Crippen LogP contribution in [0.15, 0.2) is 50.7 Å². The standard InChI is InChI=1S/C13H10BrClF5NOS/c1-8(21-7-10(15)6-12(14)13(21)22)9-3-2-4-11(5-9)23(16,17,18,19)20/h2-8H,1H3. The fraction of sp³-hybridized carbons (Fsp3) is 0.154. The summed E-state index contributed by atoms with van der Waals surface area (Å²) in [6.07, 6.45) is 1.23. The Kier molecular flexibility index (Phi) is 3.95. The lowest BCUT2D eigenvalue weighted by Crippen LogP contribution is -2.24. The number of halogens is 7. The zero-order valence-electron chi connectivity index (χ0n) is 11.5. The lowest BCUT2D eigenvalue weighted by atomic mass is 10.1. The van der Waals surface area contributed by atoms with Crippen molar-refractivity contribution in [2.24, 2.45) is 0 Å². The Bertz CT molecular complexity index is 837. The van der Waals surface area contributed by atoms with Gasteiger partial charge < -0.3 is 4.57 Å². The number of hydrogen-bond donors (Lipinski definition) is 0. The van der Waals surface area contributed by atoms with E-state index in [1.54, 1.807) is 0 Å². The SMILES string of the molecule is CC(c1cccc(S(F)(F)(F)(F)F)c1)n1cc(Cl)cc(Br)c1=O. The van der Waals surface area contributed by atoms with Crippen LogP contribution in [0.3, 0.4) is 0 Å². The smallest absolute Gasteiger partial charge is 0.306 e. The average Bonchev–Trinajstić information content (AvgIpc) is 2.40. The summed E-state index contributed by atoms with van der Waals surface area (Å²) >= 11 is 8.81. The highest BCUT2D eigenvalue weighted by atomic mass is 79.9. The molecular weight excluding hydrogens is 429 g/mol. The highest BCUT2D eigenvalue weighted by Crippen LogP contribution is 3.02. The van der Waals surface area contributed by atoms with Gasteiger partial charge in [-0.05, 0) is 46.6 Å². The van der Waals surface area contributed by atoms with Crippen LogP contribution in [0, 0.1) is 0 Å². The van der Waals surface area contributed by atoms with Crippen molar-refractivity contribution >= 4 is 37.8 Å². The molecule has 0 aliphatic carbocycles. The first-order valence-corrected chi connectivity index (χ1v) is 9.22. The summed E-state index contributed by atoms with van der Waals surface area (Å²) in [6, 6.07) is 3.19. The second-order valence-electron chi connectivity index (χ2n) is 4.94. The molecule has 1 heterocycles. The highest BCUT2D eigenvalue weighted by Gasteiger charge is 2.65. The van der Waals surface area contributed by atoms with Crippen molar-refractivity contribution in [3.05, 3.63) is 61.9 Å². The molecule has 0 radical (unpaired) electrons. The third kappa shape index (κ3) is 4.07. The van der Waals surface area contributed by atoms with Gasteiger partial charge in [-0.1, -0.05) is 43.2 Å². The van der Waals surface area contributed by atoms with Gasteiger partial charge in [0.2, 0.25) is 0 Å². The van der Waals surface area contributed by atoms with Crippen molar-refractivity contribution in [3.63, 3.8) is 0 Å². The maximum atomic E-state index is 12.9. The molecule has 1 unspecified atom stereocenters. The molecule has 0 fully saturated rings. The maximum absolute atomic E-state index is 12.9. The van der Waals surface area contributed by atoms with Crippen molar-refractivity contribution in [1.29, 1.82) is 0 Å². The first-order chi connectivity index (χ1) is 10.2. The largest absolute Gasteiger partial charge is 0.310 e. The average molecular weight is 439 g/mol. The van der Waals surface area contributed by atoms with E-state index in [0.29, 0.717) is 12.1 Å². The number of benzene rings is 1. The number of nitrogens with zero attached hydrogens (tertiary/aromatic N) is 1. The van der Waals surface area contributed by atoms with Crippen LogP contribution in [0.5, 0.6) is 0 Å². The topological polar surface area (TPSA) is 22.0 Å². The van der Waals surface area contributed by atoms with E-state index in [1.807, 2.05) is 0 Å². The number of hydrogen-bond acceptors (Lipinski definition) is 1. The first-order valence-electron chi connectivity index (χ1n) is 6.10. The van der Waals surface area contributed by atoms with E-state index in [4.69, 9.17) is 11.6 Å². The fourth-order valence-corrected chi connectivity index (χ4v) is 3.49. The van der Waals surface area contributed by atoms with Gasteiger partial charge in [0.1, 0.15) is 4.90 Å². The van der Waals surface area contributed by atoms with Gasteiger partial charge in [0.25, 0.3) is 5.56 Å². The third-order valence-corrected chi connectivity index (χ3v) is 5.09. The van der Waals surface area contributed by atoms with Crippen LogP contribution in [-0.4, -0.2) is 4.57 Å². The molecular formula is C13H10BrClF5NOS. The molecule has 23 heavy (non-hydrogen) atoms. The molecule has 0 bridgehead atoms. The molecule has 0 spiro atoms. The summed E-state index contributed by atoms with van der Waals surface area (Å²) in [6.45, 7) is 1.41. The lowest BCUT2D eigenvalue weighted by molar-refractivity contribution is 0.363. The van der Waals surface area contributed by atoms with Crippen molar-refractivity contribution in [1.82, 2.24) is 4.57 Å². The van der Waals surface area contributed by atoms with Crippen molar-refractivity contribution < 1.29 is 19.4 Å². The van der Waals surface area contributed by atoms with E-state index in [9.17, 15) is 24.2 Å². The molecule has 0 aliphatic rings. The van der Waals surface area contributed by atoms with E-state index >= 15 is 0 Å². The minimum atomic E-state index is -9.78. The van der Waals surface area contributed by atoms with Crippen LogP contribution in [0.4, 0.5) is 19.4 Å². The van der Waals surface area contributed by atoms with Crippen LogP contribution < -0.4 is 5.56 Å². The predicted molar refractivity (Wildman–Crippen MR) is 85.1 cm³/mol. The molecule has 0 amide bonds. The normalized spacial score (nSPS) is 16.5. The summed E-state index contributed by atoms with van der Waals surface area (Å²) < 4.78 is 65.7. The van der Waals surface area contributed by atoms with Gasteiger partial charge in [-0.15, -0.1) is 0 Å². The molecule has 0 saturated carbocycles. The van der Waals surface area contributed by atoms with E-state index in [-0.39, 0.29) is 15.1 Å². The molecule has 128 valence electrons. The minimum absolute atomic E-state index is 0.0907. The van der Waals surface area contributed by atoms with Gasteiger partial charge in [-0.3, -0.25) is 4.79 Å². The molecule has 0 saturated heterocycles. The van der Waals surface area contributed by atoms with E-state index < -0.39 is 26.7 Å². The molecule has 2 nitrogen and oxygen atoms in total. The number of pyridine rings is 1. The zero-order chi connectivity index (χ0) is 17.7. The van der Waals surface area contributed by atoms with Crippen LogP contribution in [0.25, 0.3) is 0 Å².